The van der Waals surface area contributed by atoms with Gasteiger partial charge in [-0.3, -0.25) is 9.59 Å². The van der Waals surface area contributed by atoms with Gasteiger partial charge >= 0.3 is 0 Å². The van der Waals surface area contributed by atoms with Crippen molar-refractivity contribution >= 4 is 11.7 Å². The van der Waals surface area contributed by atoms with Crippen LogP contribution in [0.15, 0.2) is 53.5 Å². The molecule has 0 aliphatic heterocycles. The molecule has 1 aromatic carbocycles. The highest BCUT2D eigenvalue weighted by atomic mass is 16.1. The van der Waals surface area contributed by atoms with Crippen LogP contribution in [0, 0.1) is 0 Å². The highest BCUT2D eigenvalue weighted by Gasteiger charge is 2.17. The normalized spacial score (nSPS) is 10.9. The molecule has 3 aromatic rings. The topological polar surface area (TPSA) is 117 Å². The highest BCUT2D eigenvalue weighted by molar-refractivity contribution is 5.95. The molecule has 0 spiro atoms. The highest BCUT2D eigenvalue weighted by Crippen LogP contribution is 2.24. The van der Waals surface area contributed by atoms with Gasteiger partial charge in [0.1, 0.15) is 0 Å². The number of hydrogen-bond donors (Lipinski definition) is 2. The quantitative estimate of drug-likeness (QED) is 0.720. The average Bonchev–Trinajstić information content (AvgIpc) is 2.64. The van der Waals surface area contributed by atoms with E-state index in [-0.39, 0.29) is 23.1 Å². The van der Waals surface area contributed by atoms with E-state index in [0.29, 0.717) is 17.8 Å². The number of nitrogens with two attached hydrogens (primary N) is 2. The number of carbonyl (C=O) groups is 1. The first-order chi connectivity index (χ1) is 12.9. The lowest BCUT2D eigenvalue weighted by Crippen LogP contribution is -2.21. The zero-order valence-corrected chi connectivity index (χ0v) is 15.2. The summed E-state index contributed by atoms with van der Waals surface area (Å²) in [5.41, 5.74) is 14.0. The molecule has 2 aromatic heterocycles. The Morgan fingerprint density at radius 2 is 1.81 bits per heavy atom. The van der Waals surface area contributed by atoms with E-state index in [9.17, 15) is 9.59 Å². The Kier molecular flexibility index (Phi) is 5.03. The predicted octanol–water partition coefficient (Wildman–Crippen LogP) is 2.16. The fraction of sp³-hybridized carbons (Fsp3) is 0.200. The number of benzene rings is 1. The molecule has 0 saturated heterocycles. The number of nitrogens with zero attached hydrogens (tertiary/aromatic N) is 3. The minimum atomic E-state index is -0.729. The maximum absolute atomic E-state index is 12.0. The predicted molar refractivity (Wildman–Crippen MR) is 104 cm³/mol. The number of hydrogen-bond acceptors (Lipinski definition) is 5. The Hall–Kier alpha value is -3.48. The minimum absolute atomic E-state index is 0.00254. The SMILES string of the molecule is CC(C)n1cc(Cc2nc(C(N)=O)c(N)nc2-c2ccccc2)ccc1=O. The van der Waals surface area contributed by atoms with Gasteiger partial charge in [0, 0.05) is 30.3 Å². The van der Waals surface area contributed by atoms with Gasteiger partial charge in [-0.15, -0.1) is 0 Å². The van der Waals surface area contributed by atoms with E-state index in [1.807, 2.05) is 44.2 Å². The third-order valence-corrected chi connectivity index (χ3v) is 4.20. The number of rotatable bonds is 5. The lowest BCUT2D eigenvalue weighted by Gasteiger charge is -2.14. The van der Waals surface area contributed by atoms with E-state index in [0.717, 1.165) is 11.1 Å². The molecule has 0 unspecified atom stereocenters. The van der Waals surface area contributed by atoms with Crippen LogP contribution in [0.5, 0.6) is 0 Å². The van der Waals surface area contributed by atoms with Gasteiger partial charge in [0.25, 0.3) is 11.5 Å². The summed E-state index contributed by atoms with van der Waals surface area (Å²) < 4.78 is 1.65. The number of aromatic nitrogens is 3. The Morgan fingerprint density at radius 3 is 2.44 bits per heavy atom. The maximum atomic E-state index is 12.0. The number of anilines is 1. The maximum Gasteiger partial charge on any atom is 0.271 e. The van der Waals surface area contributed by atoms with E-state index in [4.69, 9.17) is 11.5 Å². The summed E-state index contributed by atoms with van der Waals surface area (Å²) in [6.07, 6.45) is 2.18. The Labute approximate surface area is 156 Å². The molecule has 0 saturated carbocycles. The van der Waals surface area contributed by atoms with Gasteiger partial charge in [-0.2, -0.15) is 0 Å². The van der Waals surface area contributed by atoms with Gasteiger partial charge in [-0.25, -0.2) is 9.97 Å². The van der Waals surface area contributed by atoms with Gasteiger partial charge in [0.2, 0.25) is 0 Å². The first-order valence-electron chi connectivity index (χ1n) is 8.59. The van der Waals surface area contributed by atoms with Crippen LogP contribution >= 0.6 is 0 Å². The van der Waals surface area contributed by atoms with Crippen LogP contribution in [-0.2, 0) is 6.42 Å². The van der Waals surface area contributed by atoms with Crippen molar-refractivity contribution in [2.24, 2.45) is 5.73 Å². The third kappa shape index (κ3) is 3.87. The Balaban J connectivity index is 2.13. The lowest BCUT2D eigenvalue weighted by atomic mass is 10.0. The first kappa shape index (κ1) is 18.3. The molecular weight excluding hydrogens is 342 g/mol. The first-order valence-corrected chi connectivity index (χ1v) is 8.59. The van der Waals surface area contributed by atoms with Crippen molar-refractivity contribution in [1.82, 2.24) is 14.5 Å². The molecule has 0 radical (unpaired) electrons. The van der Waals surface area contributed by atoms with Crippen molar-refractivity contribution in [2.45, 2.75) is 26.3 Å². The summed E-state index contributed by atoms with van der Waals surface area (Å²) in [5.74, 6) is -0.731. The van der Waals surface area contributed by atoms with E-state index in [1.54, 1.807) is 16.8 Å². The van der Waals surface area contributed by atoms with Gasteiger partial charge in [-0.1, -0.05) is 36.4 Å². The summed E-state index contributed by atoms with van der Waals surface area (Å²) in [6.45, 7) is 3.88. The number of amides is 1. The Bertz CT molecular complexity index is 1040. The standard InChI is InChI=1S/C20H21N5O2/c1-12(2)25-11-13(8-9-16(25)26)10-15-17(14-6-4-3-5-7-14)24-19(21)18(23-15)20(22)27/h3-9,11-12H,10H2,1-2H3,(H2,21,24)(H2,22,27). The van der Waals surface area contributed by atoms with Crippen molar-refractivity contribution in [3.63, 3.8) is 0 Å². The summed E-state index contributed by atoms with van der Waals surface area (Å²) in [5, 5.41) is 0. The van der Waals surface area contributed by atoms with E-state index in [2.05, 4.69) is 9.97 Å². The van der Waals surface area contributed by atoms with Crippen molar-refractivity contribution in [2.75, 3.05) is 5.73 Å². The van der Waals surface area contributed by atoms with Gasteiger partial charge in [-0.05, 0) is 19.4 Å². The second-order valence-corrected chi connectivity index (χ2v) is 6.54. The molecule has 0 aliphatic rings. The molecular formula is C20H21N5O2. The summed E-state index contributed by atoms with van der Waals surface area (Å²) >= 11 is 0. The molecule has 7 nitrogen and oxygen atoms in total. The van der Waals surface area contributed by atoms with Crippen molar-refractivity contribution < 1.29 is 4.79 Å². The molecule has 7 heteroatoms. The molecule has 0 aliphatic carbocycles. The number of pyridine rings is 1. The number of nitrogen functional groups attached to an aromatic ring is 1. The second-order valence-electron chi connectivity index (χ2n) is 6.54. The van der Waals surface area contributed by atoms with Crippen molar-refractivity contribution in [3.8, 4) is 11.3 Å². The minimum Gasteiger partial charge on any atom is -0.382 e. The molecule has 2 heterocycles. The van der Waals surface area contributed by atoms with Crippen molar-refractivity contribution in [1.29, 1.82) is 0 Å². The number of primary amides is 1. The molecule has 27 heavy (non-hydrogen) atoms. The lowest BCUT2D eigenvalue weighted by molar-refractivity contribution is 0.0996. The van der Waals surface area contributed by atoms with Gasteiger partial charge in [0.15, 0.2) is 11.5 Å². The van der Waals surface area contributed by atoms with Gasteiger partial charge in [0.05, 0.1) is 11.4 Å². The van der Waals surface area contributed by atoms with Crippen LogP contribution in [0.3, 0.4) is 0 Å². The molecule has 4 N–H and O–H groups in total. The smallest absolute Gasteiger partial charge is 0.271 e. The van der Waals surface area contributed by atoms with E-state index in [1.165, 1.54) is 6.07 Å². The van der Waals surface area contributed by atoms with Crippen LogP contribution in [0.1, 0.15) is 41.6 Å². The van der Waals surface area contributed by atoms with Crippen LogP contribution in [0.2, 0.25) is 0 Å². The van der Waals surface area contributed by atoms with Crippen molar-refractivity contribution in [3.05, 3.63) is 76.0 Å². The molecule has 0 atom stereocenters. The van der Waals surface area contributed by atoms with Crippen LogP contribution in [-0.4, -0.2) is 20.4 Å². The zero-order chi connectivity index (χ0) is 19.6. The molecule has 1 amide bonds. The molecule has 138 valence electrons. The average molecular weight is 363 g/mol. The van der Waals surface area contributed by atoms with Crippen LogP contribution < -0.4 is 17.0 Å². The fourth-order valence-corrected chi connectivity index (χ4v) is 2.87. The second kappa shape index (κ2) is 7.41. The monoisotopic (exact) mass is 363 g/mol. The molecule has 3 rings (SSSR count). The third-order valence-electron chi connectivity index (χ3n) is 4.20. The zero-order valence-electron chi connectivity index (χ0n) is 15.2. The number of carbonyl (C=O) groups excluding carboxylic acids is 1. The molecule has 0 bridgehead atoms. The Morgan fingerprint density at radius 1 is 1.11 bits per heavy atom. The molecule has 0 fully saturated rings. The van der Waals surface area contributed by atoms with Crippen LogP contribution in [0.25, 0.3) is 11.3 Å². The van der Waals surface area contributed by atoms with E-state index >= 15 is 0 Å². The summed E-state index contributed by atoms with van der Waals surface area (Å²) in [6, 6.07) is 12.8. The van der Waals surface area contributed by atoms with Gasteiger partial charge < -0.3 is 16.0 Å². The van der Waals surface area contributed by atoms with E-state index < -0.39 is 5.91 Å². The largest absolute Gasteiger partial charge is 0.382 e. The fourth-order valence-electron chi connectivity index (χ4n) is 2.87. The summed E-state index contributed by atoms with van der Waals surface area (Å²) in [7, 11) is 0. The van der Waals surface area contributed by atoms with Crippen LogP contribution in [0.4, 0.5) is 5.82 Å². The summed E-state index contributed by atoms with van der Waals surface area (Å²) in [4.78, 5) is 32.4.